The maximum Gasteiger partial charge on any atom is 0.265 e. The van der Waals surface area contributed by atoms with Crippen molar-refractivity contribution in [1.29, 1.82) is 0 Å². The number of fused-ring (bicyclic) bond motifs is 1. The Morgan fingerprint density at radius 1 is 1.43 bits per heavy atom. The summed E-state index contributed by atoms with van der Waals surface area (Å²) in [5, 5.41) is 2.67. The second kappa shape index (κ2) is 5.94. The molecule has 1 aliphatic rings. The number of carbonyl (C=O) groups is 1. The third-order valence-electron chi connectivity index (χ3n) is 2.94. The standard InChI is InChI=1S/C13H17BrN2O4S/c1-7(2)6-15-21(18,19)12-5-11-10(4-9(12)14)16-13(17)8(3)20-11/h4-5,7-8,15H,6H2,1-3H3,(H,16,17). The van der Waals surface area contributed by atoms with Crippen molar-refractivity contribution in [2.24, 2.45) is 5.92 Å². The van der Waals surface area contributed by atoms with Gasteiger partial charge in [0.2, 0.25) is 10.0 Å². The molecule has 8 heteroatoms. The molecular formula is C13H17BrN2O4S. The second-order valence-corrected chi connectivity index (χ2v) is 7.86. The van der Waals surface area contributed by atoms with E-state index in [1.54, 1.807) is 6.92 Å². The van der Waals surface area contributed by atoms with E-state index in [0.29, 0.717) is 22.5 Å². The smallest absolute Gasteiger partial charge is 0.265 e. The van der Waals surface area contributed by atoms with E-state index < -0.39 is 16.1 Å². The van der Waals surface area contributed by atoms with E-state index in [9.17, 15) is 13.2 Å². The monoisotopic (exact) mass is 376 g/mol. The lowest BCUT2D eigenvalue weighted by atomic mass is 10.2. The fourth-order valence-corrected chi connectivity index (χ4v) is 4.04. The van der Waals surface area contributed by atoms with Crippen molar-refractivity contribution < 1.29 is 17.9 Å². The van der Waals surface area contributed by atoms with E-state index >= 15 is 0 Å². The molecule has 2 N–H and O–H groups in total. The van der Waals surface area contributed by atoms with E-state index in [4.69, 9.17) is 4.74 Å². The molecule has 0 aliphatic carbocycles. The first-order valence-corrected chi connectivity index (χ1v) is 8.79. The maximum absolute atomic E-state index is 12.3. The Kier molecular flexibility index (Phi) is 4.60. The zero-order chi connectivity index (χ0) is 15.8. The molecule has 0 fully saturated rings. The largest absolute Gasteiger partial charge is 0.479 e. The van der Waals surface area contributed by atoms with Gasteiger partial charge in [0.25, 0.3) is 5.91 Å². The summed E-state index contributed by atoms with van der Waals surface area (Å²) < 4.78 is 33.0. The van der Waals surface area contributed by atoms with Crippen LogP contribution in [0.2, 0.25) is 0 Å². The number of ether oxygens (including phenoxy) is 1. The predicted molar refractivity (Wildman–Crippen MR) is 82.9 cm³/mol. The van der Waals surface area contributed by atoms with Crippen LogP contribution in [-0.2, 0) is 14.8 Å². The molecule has 2 rings (SSSR count). The molecule has 1 unspecified atom stereocenters. The van der Waals surface area contributed by atoms with Crippen LogP contribution in [0.15, 0.2) is 21.5 Å². The minimum atomic E-state index is -3.64. The molecule has 1 heterocycles. The topological polar surface area (TPSA) is 84.5 Å². The highest BCUT2D eigenvalue weighted by Gasteiger charge is 2.27. The molecule has 0 bridgehead atoms. The molecule has 0 radical (unpaired) electrons. The van der Waals surface area contributed by atoms with Gasteiger partial charge >= 0.3 is 0 Å². The molecule has 0 saturated carbocycles. The summed E-state index contributed by atoms with van der Waals surface area (Å²) in [6, 6.07) is 2.95. The Hall–Kier alpha value is -1.12. The van der Waals surface area contributed by atoms with Crippen molar-refractivity contribution in [3.05, 3.63) is 16.6 Å². The van der Waals surface area contributed by atoms with Gasteiger partial charge in [-0.3, -0.25) is 4.79 Å². The van der Waals surface area contributed by atoms with Gasteiger partial charge in [0.1, 0.15) is 5.75 Å². The summed E-state index contributed by atoms with van der Waals surface area (Å²) in [6.45, 7) is 5.79. The third-order valence-corrected chi connectivity index (χ3v) is 5.32. The fraction of sp³-hybridized carbons (Fsp3) is 0.462. The van der Waals surface area contributed by atoms with E-state index in [-0.39, 0.29) is 16.7 Å². The molecule has 1 aromatic rings. The number of anilines is 1. The van der Waals surface area contributed by atoms with Crippen LogP contribution in [-0.4, -0.2) is 27.0 Å². The zero-order valence-corrected chi connectivity index (χ0v) is 14.3. The lowest BCUT2D eigenvalue weighted by Gasteiger charge is -2.24. The number of carbonyl (C=O) groups excluding carboxylic acids is 1. The Morgan fingerprint density at radius 2 is 2.10 bits per heavy atom. The van der Waals surface area contributed by atoms with Crippen LogP contribution in [0.4, 0.5) is 5.69 Å². The summed E-state index contributed by atoms with van der Waals surface area (Å²) in [7, 11) is -3.64. The van der Waals surface area contributed by atoms with Crippen molar-refractivity contribution in [2.45, 2.75) is 31.8 Å². The quantitative estimate of drug-likeness (QED) is 0.842. The lowest BCUT2D eigenvalue weighted by Crippen LogP contribution is -2.34. The van der Waals surface area contributed by atoms with Crippen LogP contribution in [0.25, 0.3) is 0 Å². The van der Waals surface area contributed by atoms with Crippen molar-refractivity contribution in [1.82, 2.24) is 4.72 Å². The number of halogens is 1. The van der Waals surface area contributed by atoms with Gasteiger partial charge in [-0.15, -0.1) is 0 Å². The van der Waals surface area contributed by atoms with Gasteiger partial charge in [-0.05, 0) is 34.8 Å². The minimum absolute atomic E-state index is 0.0882. The van der Waals surface area contributed by atoms with Gasteiger partial charge in [-0.25, -0.2) is 13.1 Å². The molecule has 0 saturated heterocycles. The number of hydrogen-bond donors (Lipinski definition) is 2. The Morgan fingerprint density at radius 3 is 2.71 bits per heavy atom. The van der Waals surface area contributed by atoms with E-state index in [0.717, 1.165) is 0 Å². The Labute approximate surface area is 132 Å². The molecule has 116 valence electrons. The van der Waals surface area contributed by atoms with Crippen LogP contribution in [0.3, 0.4) is 0 Å². The van der Waals surface area contributed by atoms with Crippen molar-refractivity contribution in [3.63, 3.8) is 0 Å². The first-order valence-electron chi connectivity index (χ1n) is 6.51. The van der Waals surface area contributed by atoms with Crippen LogP contribution in [0.1, 0.15) is 20.8 Å². The maximum atomic E-state index is 12.3. The normalized spacial score (nSPS) is 18.1. The summed E-state index contributed by atoms with van der Waals surface area (Å²) in [5.41, 5.74) is 0.452. The zero-order valence-electron chi connectivity index (χ0n) is 11.9. The van der Waals surface area contributed by atoms with Gasteiger partial charge in [-0.2, -0.15) is 0 Å². The van der Waals surface area contributed by atoms with Crippen LogP contribution >= 0.6 is 15.9 Å². The average molecular weight is 377 g/mol. The SMILES string of the molecule is CC(C)CNS(=O)(=O)c1cc2c(cc1Br)NC(=O)C(C)O2. The third kappa shape index (κ3) is 3.56. The van der Waals surface area contributed by atoms with Crippen molar-refractivity contribution in [2.75, 3.05) is 11.9 Å². The van der Waals surface area contributed by atoms with Gasteiger partial charge in [0, 0.05) is 17.1 Å². The van der Waals surface area contributed by atoms with Gasteiger partial charge in [0.05, 0.1) is 10.6 Å². The Bertz CT molecular complexity index is 673. The second-order valence-electron chi connectivity index (χ2n) is 5.27. The number of sulfonamides is 1. The minimum Gasteiger partial charge on any atom is -0.479 e. The molecule has 0 aromatic heterocycles. The molecule has 21 heavy (non-hydrogen) atoms. The predicted octanol–water partition coefficient (Wildman–Crippen LogP) is 2.10. The number of hydrogen-bond acceptors (Lipinski definition) is 4. The van der Waals surface area contributed by atoms with E-state index in [1.807, 2.05) is 13.8 Å². The molecule has 1 atom stereocenters. The summed E-state index contributed by atoms with van der Waals surface area (Å²) in [5.74, 6) is 0.282. The first-order chi connectivity index (χ1) is 9.70. The molecule has 0 spiro atoms. The highest BCUT2D eigenvalue weighted by Crippen LogP contribution is 2.36. The number of nitrogens with one attached hydrogen (secondary N) is 2. The van der Waals surface area contributed by atoms with Crippen LogP contribution in [0, 0.1) is 5.92 Å². The Balaban J connectivity index is 2.38. The summed E-state index contributed by atoms with van der Waals surface area (Å²) in [6.07, 6.45) is -0.655. The molecule has 1 aromatic carbocycles. The average Bonchev–Trinajstić information content (AvgIpc) is 2.38. The molecule has 6 nitrogen and oxygen atoms in total. The lowest BCUT2D eigenvalue weighted by molar-refractivity contribution is -0.122. The van der Waals surface area contributed by atoms with Gasteiger partial charge in [-0.1, -0.05) is 13.8 Å². The molecule has 1 amide bonds. The van der Waals surface area contributed by atoms with E-state index in [2.05, 4.69) is 26.0 Å². The van der Waals surface area contributed by atoms with Crippen LogP contribution < -0.4 is 14.8 Å². The number of amides is 1. The van der Waals surface area contributed by atoms with Gasteiger partial charge in [0.15, 0.2) is 6.10 Å². The highest BCUT2D eigenvalue weighted by molar-refractivity contribution is 9.10. The highest BCUT2D eigenvalue weighted by atomic mass is 79.9. The molecule has 1 aliphatic heterocycles. The number of rotatable bonds is 4. The first kappa shape index (κ1) is 16.3. The number of benzene rings is 1. The van der Waals surface area contributed by atoms with Crippen molar-refractivity contribution in [3.8, 4) is 5.75 Å². The van der Waals surface area contributed by atoms with Crippen molar-refractivity contribution >= 4 is 37.5 Å². The van der Waals surface area contributed by atoms with Gasteiger partial charge < -0.3 is 10.1 Å². The summed E-state index contributed by atoms with van der Waals surface area (Å²) in [4.78, 5) is 11.6. The molecular weight excluding hydrogens is 360 g/mol. The summed E-state index contributed by atoms with van der Waals surface area (Å²) >= 11 is 3.23. The van der Waals surface area contributed by atoms with Crippen LogP contribution in [0.5, 0.6) is 5.75 Å². The van der Waals surface area contributed by atoms with E-state index in [1.165, 1.54) is 12.1 Å². The fourth-order valence-electron chi connectivity index (χ4n) is 1.77.